The summed E-state index contributed by atoms with van der Waals surface area (Å²) >= 11 is 6.28. The Morgan fingerprint density at radius 3 is 2.35 bits per heavy atom. The zero-order chi connectivity index (χ0) is 21.8. The van der Waals surface area contributed by atoms with Crippen LogP contribution in [0, 0.1) is 0 Å². The minimum absolute atomic E-state index is 0.296. The molecular weight excluding hydrogens is 410 g/mol. The molecule has 0 aliphatic heterocycles. The molecule has 4 nitrogen and oxygen atoms in total. The number of carbonyl (C=O) groups is 2. The Morgan fingerprint density at radius 1 is 0.839 bits per heavy atom. The molecule has 0 aromatic heterocycles. The van der Waals surface area contributed by atoms with Gasteiger partial charge in [-0.15, -0.1) is 0 Å². The lowest BCUT2D eigenvalue weighted by Crippen LogP contribution is -2.13. The number of carbonyl (C=O) groups excluding carboxylic acids is 1. The van der Waals surface area contributed by atoms with E-state index in [2.05, 4.69) is 11.4 Å². The van der Waals surface area contributed by atoms with Crippen molar-refractivity contribution in [2.24, 2.45) is 0 Å². The van der Waals surface area contributed by atoms with Gasteiger partial charge in [0.05, 0.1) is 10.7 Å². The van der Waals surface area contributed by atoms with Crippen molar-refractivity contribution in [1.82, 2.24) is 0 Å². The van der Waals surface area contributed by atoms with Crippen molar-refractivity contribution in [3.8, 4) is 11.1 Å². The fraction of sp³-hybridized carbons (Fsp3) is 0. The standard InChI is InChI=1S/C26H18ClNO3/c27-23-12-10-17(11-13-25(29)30)14-24(23)28-26(31)22-16-20(18-6-2-1-3-7-18)15-19-8-4-5-9-21(19)22/h1-16H,(H,28,31)(H,29,30). The van der Waals surface area contributed by atoms with Crippen LogP contribution in [-0.4, -0.2) is 17.0 Å². The number of hydrogen-bond donors (Lipinski definition) is 2. The van der Waals surface area contributed by atoms with Crippen molar-refractivity contribution in [3.63, 3.8) is 0 Å². The van der Waals surface area contributed by atoms with E-state index < -0.39 is 5.97 Å². The van der Waals surface area contributed by atoms with E-state index in [-0.39, 0.29) is 5.91 Å². The van der Waals surface area contributed by atoms with Crippen LogP contribution in [0.3, 0.4) is 0 Å². The van der Waals surface area contributed by atoms with E-state index in [0.29, 0.717) is 21.8 Å². The van der Waals surface area contributed by atoms with Crippen molar-refractivity contribution in [2.75, 3.05) is 5.32 Å². The van der Waals surface area contributed by atoms with Crippen LogP contribution in [0.2, 0.25) is 5.02 Å². The highest BCUT2D eigenvalue weighted by molar-refractivity contribution is 6.34. The number of rotatable bonds is 5. The average Bonchev–Trinajstić information content (AvgIpc) is 2.79. The van der Waals surface area contributed by atoms with Crippen LogP contribution in [-0.2, 0) is 4.79 Å². The van der Waals surface area contributed by atoms with Gasteiger partial charge in [0.2, 0.25) is 0 Å². The van der Waals surface area contributed by atoms with Crippen LogP contribution >= 0.6 is 11.6 Å². The molecule has 0 spiro atoms. The van der Waals surface area contributed by atoms with E-state index in [1.54, 1.807) is 18.2 Å². The second-order valence-corrected chi connectivity index (χ2v) is 7.38. The normalized spacial score (nSPS) is 11.0. The minimum atomic E-state index is -1.05. The van der Waals surface area contributed by atoms with Crippen LogP contribution in [0.1, 0.15) is 15.9 Å². The number of aliphatic carboxylic acids is 1. The Morgan fingerprint density at radius 2 is 1.58 bits per heavy atom. The predicted molar refractivity (Wildman–Crippen MR) is 125 cm³/mol. The van der Waals surface area contributed by atoms with Crippen molar-refractivity contribution in [3.05, 3.63) is 107 Å². The summed E-state index contributed by atoms with van der Waals surface area (Å²) in [6, 6.07) is 26.5. The third kappa shape index (κ3) is 4.65. The molecule has 0 radical (unpaired) electrons. The van der Waals surface area contributed by atoms with Gasteiger partial charge in [-0.25, -0.2) is 4.79 Å². The summed E-state index contributed by atoms with van der Waals surface area (Å²) < 4.78 is 0. The van der Waals surface area contributed by atoms with Crippen LogP contribution in [0.5, 0.6) is 0 Å². The topological polar surface area (TPSA) is 66.4 Å². The lowest BCUT2D eigenvalue weighted by molar-refractivity contribution is -0.131. The fourth-order valence-electron chi connectivity index (χ4n) is 3.40. The molecule has 152 valence electrons. The van der Waals surface area contributed by atoms with Gasteiger partial charge < -0.3 is 10.4 Å². The first-order valence-corrected chi connectivity index (χ1v) is 9.99. The summed E-state index contributed by atoms with van der Waals surface area (Å²) in [5.74, 6) is -1.35. The maximum atomic E-state index is 13.3. The molecule has 0 aliphatic rings. The molecule has 4 rings (SSSR count). The third-order valence-electron chi connectivity index (χ3n) is 4.87. The Balaban J connectivity index is 1.74. The van der Waals surface area contributed by atoms with Crippen molar-refractivity contribution in [2.45, 2.75) is 0 Å². The van der Waals surface area contributed by atoms with Crippen molar-refractivity contribution < 1.29 is 14.7 Å². The third-order valence-corrected chi connectivity index (χ3v) is 5.20. The SMILES string of the molecule is O=C(O)C=Cc1ccc(Cl)c(NC(=O)c2cc(-c3ccccc3)cc3ccccc23)c1. The Labute approximate surface area is 184 Å². The molecule has 0 unspecified atom stereocenters. The number of hydrogen-bond acceptors (Lipinski definition) is 2. The molecule has 0 bridgehead atoms. The summed E-state index contributed by atoms with van der Waals surface area (Å²) in [5, 5.41) is 13.9. The number of amides is 1. The summed E-state index contributed by atoms with van der Waals surface area (Å²) in [5.41, 5.74) is 3.51. The van der Waals surface area contributed by atoms with Gasteiger partial charge in [0.15, 0.2) is 0 Å². The molecule has 0 atom stereocenters. The van der Waals surface area contributed by atoms with Crippen LogP contribution in [0.4, 0.5) is 5.69 Å². The average molecular weight is 428 g/mol. The molecule has 5 heteroatoms. The quantitative estimate of drug-likeness (QED) is 0.357. The number of carboxylic acids is 1. The highest BCUT2D eigenvalue weighted by Gasteiger charge is 2.14. The molecule has 1 amide bonds. The molecular formula is C26H18ClNO3. The lowest BCUT2D eigenvalue weighted by Gasteiger charge is -2.13. The first kappa shape index (κ1) is 20.4. The van der Waals surface area contributed by atoms with Gasteiger partial charge in [0.25, 0.3) is 5.91 Å². The minimum Gasteiger partial charge on any atom is -0.478 e. The van der Waals surface area contributed by atoms with E-state index in [1.807, 2.05) is 60.7 Å². The van der Waals surface area contributed by atoms with Gasteiger partial charge in [0.1, 0.15) is 0 Å². The van der Waals surface area contributed by atoms with Crippen molar-refractivity contribution >= 4 is 46.0 Å². The molecule has 2 N–H and O–H groups in total. The van der Waals surface area contributed by atoms with Crippen LogP contribution in [0.15, 0.2) is 91.0 Å². The van der Waals surface area contributed by atoms with Gasteiger partial charge in [-0.05, 0) is 57.8 Å². The number of halogens is 1. The first-order chi connectivity index (χ1) is 15.0. The van der Waals surface area contributed by atoms with E-state index in [1.165, 1.54) is 6.08 Å². The van der Waals surface area contributed by atoms with Gasteiger partial charge in [-0.2, -0.15) is 0 Å². The Kier molecular flexibility index (Phi) is 5.83. The molecule has 0 saturated heterocycles. The molecule has 0 fully saturated rings. The number of benzene rings is 4. The number of carboxylic acid groups (broad SMARTS) is 1. The zero-order valence-electron chi connectivity index (χ0n) is 16.4. The summed E-state index contributed by atoms with van der Waals surface area (Å²) in [6.07, 6.45) is 2.48. The molecule has 0 saturated carbocycles. The summed E-state index contributed by atoms with van der Waals surface area (Å²) in [7, 11) is 0. The Bertz CT molecular complexity index is 1310. The molecule has 4 aromatic carbocycles. The summed E-state index contributed by atoms with van der Waals surface area (Å²) in [4.78, 5) is 24.0. The van der Waals surface area contributed by atoms with Gasteiger partial charge in [-0.1, -0.05) is 72.3 Å². The number of fused-ring (bicyclic) bond motifs is 1. The van der Waals surface area contributed by atoms with Gasteiger partial charge >= 0.3 is 5.97 Å². The molecule has 4 aromatic rings. The predicted octanol–water partition coefficient (Wildman–Crippen LogP) is 6.51. The van der Waals surface area contributed by atoms with E-state index in [4.69, 9.17) is 16.7 Å². The maximum absolute atomic E-state index is 13.3. The van der Waals surface area contributed by atoms with Crippen molar-refractivity contribution in [1.29, 1.82) is 0 Å². The smallest absolute Gasteiger partial charge is 0.328 e. The van der Waals surface area contributed by atoms with E-state index in [0.717, 1.165) is 28.0 Å². The fourth-order valence-corrected chi connectivity index (χ4v) is 3.56. The van der Waals surface area contributed by atoms with E-state index in [9.17, 15) is 9.59 Å². The number of anilines is 1. The van der Waals surface area contributed by atoms with Crippen LogP contribution in [0.25, 0.3) is 28.0 Å². The number of nitrogens with one attached hydrogen (secondary N) is 1. The van der Waals surface area contributed by atoms with Gasteiger partial charge in [0, 0.05) is 11.6 Å². The zero-order valence-corrected chi connectivity index (χ0v) is 17.1. The largest absolute Gasteiger partial charge is 0.478 e. The Hall–Kier alpha value is -3.89. The first-order valence-electron chi connectivity index (χ1n) is 9.61. The highest BCUT2D eigenvalue weighted by Crippen LogP contribution is 2.30. The second-order valence-electron chi connectivity index (χ2n) is 6.98. The monoisotopic (exact) mass is 427 g/mol. The van der Waals surface area contributed by atoms with Crippen LogP contribution < -0.4 is 5.32 Å². The molecule has 0 heterocycles. The lowest BCUT2D eigenvalue weighted by atomic mass is 9.96. The maximum Gasteiger partial charge on any atom is 0.328 e. The summed E-state index contributed by atoms with van der Waals surface area (Å²) in [6.45, 7) is 0. The molecule has 31 heavy (non-hydrogen) atoms. The molecule has 0 aliphatic carbocycles. The van der Waals surface area contributed by atoms with Gasteiger partial charge in [-0.3, -0.25) is 4.79 Å². The van der Waals surface area contributed by atoms with E-state index >= 15 is 0 Å². The second kappa shape index (κ2) is 8.86. The highest BCUT2D eigenvalue weighted by atomic mass is 35.5.